The minimum absolute atomic E-state index is 0.0172. The Balaban J connectivity index is 1.55. The summed E-state index contributed by atoms with van der Waals surface area (Å²) < 4.78 is 1.34. The SMILES string of the molecule is CCNc1ccc(N2CCN(C(=O)Cn3cnc(C)cc3=O)CC2)nn1. The van der Waals surface area contributed by atoms with E-state index < -0.39 is 0 Å². The molecular formula is C17H23N7O2. The number of hydrogen-bond donors (Lipinski definition) is 1. The maximum absolute atomic E-state index is 12.4. The van der Waals surface area contributed by atoms with Crippen LogP contribution in [0.15, 0.2) is 29.3 Å². The number of rotatable bonds is 5. The molecule has 0 unspecified atom stereocenters. The maximum atomic E-state index is 12.4. The fourth-order valence-electron chi connectivity index (χ4n) is 2.84. The molecule has 1 amide bonds. The summed E-state index contributed by atoms with van der Waals surface area (Å²) in [6.07, 6.45) is 1.42. The van der Waals surface area contributed by atoms with Gasteiger partial charge in [0.25, 0.3) is 5.56 Å². The van der Waals surface area contributed by atoms with E-state index in [2.05, 4.69) is 25.4 Å². The fraction of sp³-hybridized carbons (Fsp3) is 0.471. The molecule has 0 atom stereocenters. The van der Waals surface area contributed by atoms with Crippen molar-refractivity contribution in [2.45, 2.75) is 20.4 Å². The number of aromatic nitrogens is 4. The number of piperazine rings is 1. The van der Waals surface area contributed by atoms with Crippen LogP contribution >= 0.6 is 0 Å². The zero-order chi connectivity index (χ0) is 18.5. The van der Waals surface area contributed by atoms with Crippen LogP contribution in [0.25, 0.3) is 0 Å². The summed E-state index contributed by atoms with van der Waals surface area (Å²) in [5.74, 6) is 1.48. The van der Waals surface area contributed by atoms with Crippen molar-refractivity contribution in [2.75, 3.05) is 42.9 Å². The molecule has 2 aromatic rings. The van der Waals surface area contributed by atoms with Crippen molar-refractivity contribution in [3.63, 3.8) is 0 Å². The highest BCUT2D eigenvalue weighted by Gasteiger charge is 2.22. The van der Waals surface area contributed by atoms with E-state index in [1.54, 1.807) is 11.8 Å². The third-order valence-electron chi connectivity index (χ3n) is 4.29. The Bertz CT molecular complexity index is 811. The van der Waals surface area contributed by atoms with Crippen molar-refractivity contribution >= 4 is 17.5 Å². The maximum Gasteiger partial charge on any atom is 0.253 e. The lowest BCUT2D eigenvalue weighted by Gasteiger charge is -2.35. The number of anilines is 2. The summed E-state index contributed by atoms with van der Waals surface area (Å²) in [6, 6.07) is 5.27. The zero-order valence-electron chi connectivity index (χ0n) is 15.1. The molecule has 0 saturated carbocycles. The fourth-order valence-corrected chi connectivity index (χ4v) is 2.84. The van der Waals surface area contributed by atoms with Crippen LogP contribution in [0, 0.1) is 6.92 Å². The minimum atomic E-state index is -0.208. The molecule has 2 aromatic heterocycles. The number of carbonyl (C=O) groups excluding carboxylic acids is 1. The molecule has 138 valence electrons. The van der Waals surface area contributed by atoms with Crippen molar-refractivity contribution < 1.29 is 4.79 Å². The van der Waals surface area contributed by atoms with E-state index in [-0.39, 0.29) is 18.0 Å². The second-order valence-electron chi connectivity index (χ2n) is 6.17. The number of carbonyl (C=O) groups is 1. The molecule has 0 radical (unpaired) electrons. The lowest BCUT2D eigenvalue weighted by atomic mass is 10.3. The highest BCUT2D eigenvalue weighted by atomic mass is 16.2. The molecule has 1 fully saturated rings. The minimum Gasteiger partial charge on any atom is -0.369 e. The van der Waals surface area contributed by atoms with Crippen LogP contribution in [0.5, 0.6) is 0 Å². The van der Waals surface area contributed by atoms with E-state index in [9.17, 15) is 9.59 Å². The van der Waals surface area contributed by atoms with Crippen molar-refractivity contribution in [3.05, 3.63) is 40.6 Å². The third kappa shape index (κ3) is 4.16. The van der Waals surface area contributed by atoms with Crippen molar-refractivity contribution in [3.8, 4) is 0 Å². The summed E-state index contributed by atoms with van der Waals surface area (Å²) in [5.41, 5.74) is 0.439. The summed E-state index contributed by atoms with van der Waals surface area (Å²) in [6.45, 7) is 7.11. The van der Waals surface area contributed by atoms with Crippen LogP contribution in [0.3, 0.4) is 0 Å². The van der Waals surface area contributed by atoms with Crippen molar-refractivity contribution in [1.29, 1.82) is 0 Å². The van der Waals surface area contributed by atoms with Gasteiger partial charge in [-0.15, -0.1) is 10.2 Å². The van der Waals surface area contributed by atoms with Gasteiger partial charge in [0.2, 0.25) is 5.91 Å². The molecule has 26 heavy (non-hydrogen) atoms. The Hall–Kier alpha value is -2.97. The van der Waals surface area contributed by atoms with E-state index in [1.165, 1.54) is 17.0 Å². The van der Waals surface area contributed by atoms with Gasteiger partial charge in [-0.2, -0.15) is 0 Å². The smallest absolute Gasteiger partial charge is 0.253 e. The first-order valence-corrected chi connectivity index (χ1v) is 8.70. The Morgan fingerprint density at radius 3 is 2.58 bits per heavy atom. The molecule has 3 heterocycles. The van der Waals surface area contributed by atoms with E-state index in [0.29, 0.717) is 31.9 Å². The van der Waals surface area contributed by atoms with Crippen LogP contribution in [-0.2, 0) is 11.3 Å². The molecule has 1 aliphatic rings. The highest BCUT2D eigenvalue weighted by Crippen LogP contribution is 2.14. The summed E-state index contributed by atoms with van der Waals surface area (Å²) >= 11 is 0. The predicted octanol–water partition coefficient (Wildman–Crippen LogP) is 0.122. The third-order valence-corrected chi connectivity index (χ3v) is 4.29. The van der Waals surface area contributed by atoms with Gasteiger partial charge in [-0.1, -0.05) is 0 Å². The van der Waals surface area contributed by atoms with E-state index in [0.717, 1.165) is 18.2 Å². The first-order chi connectivity index (χ1) is 12.6. The Labute approximate surface area is 151 Å². The van der Waals surface area contributed by atoms with Crippen LogP contribution in [-0.4, -0.2) is 63.3 Å². The average molecular weight is 357 g/mol. The van der Waals surface area contributed by atoms with Crippen molar-refractivity contribution in [2.24, 2.45) is 0 Å². The lowest BCUT2D eigenvalue weighted by Crippen LogP contribution is -2.50. The molecular weight excluding hydrogens is 334 g/mol. The van der Waals surface area contributed by atoms with Gasteiger partial charge in [0.15, 0.2) is 5.82 Å². The van der Waals surface area contributed by atoms with E-state index >= 15 is 0 Å². The van der Waals surface area contributed by atoms with E-state index in [4.69, 9.17) is 0 Å². The van der Waals surface area contributed by atoms with Gasteiger partial charge in [-0.3, -0.25) is 14.2 Å². The number of aryl methyl sites for hydroxylation is 1. The van der Waals surface area contributed by atoms with E-state index in [1.807, 2.05) is 19.1 Å². The quantitative estimate of drug-likeness (QED) is 0.812. The molecule has 1 saturated heterocycles. The first-order valence-electron chi connectivity index (χ1n) is 8.70. The molecule has 1 aliphatic heterocycles. The molecule has 9 heteroatoms. The normalized spacial score (nSPS) is 14.4. The number of nitrogens with zero attached hydrogens (tertiary/aromatic N) is 6. The van der Waals surface area contributed by atoms with Crippen LogP contribution in [0.4, 0.5) is 11.6 Å². The van der Waals surface area contributed by atoms with Gasteiger partial charge in [0.05, 0.1) is 6.33 Å². The van der Waals surface area contributed by atoms with Crippen molar-refractivity contribution in [1.82, 2.24) is 24.6 Å². The second kappa shape index (κ2) is 7.94. The van der Waals surface area contributed by atoms with Crippen LogP contribution in [0.1, 0.15) is 12.6 Å². The Morgan fingerprint density at radius 1 is 1.19 bits per heavy atom. The lowest BCUT2D eigenvalue weighted by molar-refractivity contribution is -0.132. The van der Waals surface area contributed by atoms with Gasteiger partial charge in [0, 0.05) is 44.5 Å². The molecule has 0 bridgehead atoms. The predicted molar refractivity (Wildman–Crippen MR) is 98.2 cm³/mol. The van der Waals surface area contributed by atoms with Gasteiger partial charge < -0.3 is 15.1 Å². The van der Waals surface area contributed by atoms with Gasteiger partial charge in [-0.05, 0) is 26.0 Å². The van der Waals surface area contributed by atoms with Crippen LogP contribution < -0.4 is 15.8 Å². The second-order valence-corrected chi connectivity index (χ2v) is 6.17. The first kappa shape index (κ1) is 17.8. The monoisotopic (exact) mass is 357 g/mol. The molecule has 0 aromatic carbocycles. The molecule has 9 nitrogen and oxygen atoms in total. The largest absolute Gasteiger partial charge is 0.369 e. The van der Waals surface area contributed by atoms with Gasteiger partial charge >= 0.3 is 0 Å². The summed E-state index contributed by atoms with van der Waals surface area (Å²) in [4.78, 5) is 32.3. The molecule has 3 rings (SSSR count). The van der Waals surface area contributed by atoms with Gasteiger partial charge in [0.1, 0.15) is 12.4 Å². The summed E-state index contributed by atoms with van der Waals surface area (Å²) in [5, 5.41) is 11.5. The number of amides is 1. The topological polar surface area (TPSA) is 96.2 Å². The Morgan fingerprint density at radius 2 is 1.96 bits per heavy atom. The molecule has 0 aliphatic carbocycles. The molecule has 0 spiro atoms. The average Bonchev–Trinajstić information content (AvgIpc) is 2.65. The van der Waals surface area contributed by atoms with Gasteiger partial charge in [-0.25, -0.2) is 4.98 Å². The standard InChI is InChI=1S/C17H23N7O2/c1-3-18-14-4-5-15(21-20-14)22-6-8-23(9-7-22)17(26)11-24-12-19-13(2)10-16(24)25/h4-5,10,12H,3,6-9,11H2,1-2H3,(H,18,20). The number of nitrogens with one attached hydrogen (secondary N) is 1. The highest BCUT2D eigenvalue weighted by molar-refractivity contribution is 5.76. The Kier molecular flexibility index (Phi) is 5.45. The number of hydrogen-bond acceptors (Lipinski definition) is 7. The zero-order valence-corrected chi connectivity index (χ0v) is 15.1. The summed E-state index contributed by atoms with van der Waals surface area (Å²) in [7, 11) is 0. The van der Waals surface area contributed by atoms with Crippen LogP contribution in [0.2, 0.25) is 0 Å². The molecule has 1 N–H and O–H groups in total.